The predicted octanol–water partition coefficient (Wildman–Crippen LogP) is 5.21. The van der Waals surface area contributed by atoms with Crippen LogP contribution in [0.4, 0.5) is 8.78 Å². The zero-order chi connectivity index (χ0) is 29.0. The number of nitriles is 1. The van der Waals surface area contributed by atoms with Gasteiger partial charge in [-0.15, -0.1) is 0 Å². The van der Waals surface area contributed by atoms with Crippen LogP contribution in [0.2, 0.25) is 0 Å². The van der Waals surface area contributed by atoms with E-state index >= 15 is 0 Å². The fourth-order valence-electron chi connectivity index (χ4n) is 5.73. The molecule has 12 heteroatoms. The molecule has 3 atom stereocenters. The van der Waals surface area contributed by atoms with Crippen molar-refractivity contribution in [3.63, 3.8) is 0 Å². The number of hydrogen-bond acceptors (Lipinski definition) is 8. The molecule has 7 rings (SSSR count). The summed E-state index contributed by atoms with van der Waals surface area (Å²) in [4.78, 5) is 23.1. The number of aromatic nitrogens is 3. The van der Waals surface area contributed by atoms with E-state index in [1.807, 2.05) is 6.07 Å². The van der Waals surface area contributed by atoms with Gasteiger partial charge in [0.2, 0.25) is 0 Å². The zero-order valence-corrected chi connectivity index (χ0v) is 23.1. The molecule has 9 nitrogen and oxygen atoms in total. The number of benzene rings is 2. The number of ether oxygens (including phenoxy) is 2. The first-order valence-electron chi connectivity index (χ1n) is 13.6. The maximum Gasteiger partial charge on any atom is 0.335 e. The normalized spacial score (nSPS) is 23.2. The summed E-state index contributed by atoms with van der Waals surface area (Å²) in [6.07, 6.45) is 1.77. The van der Waals surface area contributed by atoms with Gasteiger partial charge in [0.25, 0.3) is 0 Å². The number of carboxylic acids is 1. The highest BCUT2D eigenvalue weighted by Crippen LogP contribution is 2.69. The molecule has 1 N–H and O–H groups in total. The van der Waals surface area contributed by atoms with Crippen LogP contribution in [0.15, 0.2) is 48.5 Å². The van der Waals surface area contributed by atoms with E-state index in [4.69, 9.17) is 19.7 Å². The summed E-state index contributed by atoms with van der Waals surface area (Å²) < 4.78 is 42.3. The lowest BCUT2D eigenvalue weighted by molar-refractivity contribution is -0.0624. The topological polar surface area (TPSA) is 114 Å². The number of thioether (sulfide) groups is 1. The number of nitrogens with zero attached hydrogens (tertiary/aromatic N) is 5. The average molecular weight is 590 g/mol. The van der Waals surface area contributed by atoms with Crippen LogP contribution in [-0.4, -0.2) is 55.1 Å². The zero-order valence-electron chi connectivity index (χ0n) is 22.3. The number of rotatable bonds is 8. The molecule has 3 fully saturated rings. The number of pyridine rings is 1. The van der Waals surface area contributed by atoms with Crippen molar-refractivity contribution >= 4 is 28.8 Å². The molecule has 214 valence electrons. The third-order valence-electron chi connectivity index (χ3n) is 8.09. The fourth-order valence-corrected chi connectivity index (χ4v) is 7.02. The molecular weight excluding hydrogens is 564 g/mol. The predicted molar refractivity (Wildman–Crippen MR) is 149 cm³/mol. The van der Waals surface area contributed by atoms with E-state index in [1.165, 1.54) is 18.2 Å². The molecule has 1 spiro atoms. The second-order valence-electron chi connectivity index (χ2n) is 10.7. The van der Waals surface area contributed by atoms with Gasteiger partial charge in [0.15, 0.2) is 11.6 Å². The Kier molecular flexibility index (Phi) is 6.61. The number of likely N-dealkylation sites (tertiary alicyclic amines) is 1. The van der Waals surface area contributed by atoms with Gasteiger partial charge >= 0.3 is 5.97 Å². The second kappa shape index (κ2) is 10.3. The van der Waals surface area contributed by atoms with E-state index < -0.39 is 17.6 Å². The number of halogens is 2. The van der Waals surface area contributed by atoms with E-state index in [1.54, 1.807) is 36.0 Å². The van der Waals surface area contributed by atoms with Crippen molar-refractivity contribution in [2.75, 3.05) is 19.7 Å². The van der Waals surface area contributed by atoms with Gasteiger partial charge in [-0.3, -0.25) is 9.88 Å². The molecule has 0 amide bonds. The summed E-state index contributed by atoms with van der Waals surface area (Å²) in [7, 11) is 0. The molecule has 5 heterocycles. The van der Waals surface area contributed by atoms with Gasteiger partial charge in [0.05, 0.1) is 41.4 Å². The van der Waals surface area contributed by atoms with Crippen LogP contribution >= 0.6 is 11.8 Å². The summed E-state index contributed by atoms with van der Waals surface area (Å²) in [5, 5.41) is 18.5. The second-order valence-corrected chi connectivity index (χ2v) is 12.1. The van der Waals surface area contributed by atoms with Crippen molar-refractivity contribution in [3.8, 4) is 11.8 Å². The lowest BCUT2D eigenvalue weighted by Crippen LogP contribution is -2.32. The summed E-state index contributed by atoms with van der Waals surface area (Å²) in [6, 6.07) is 13.8. The van der Waals surface area contributed by atoms with Crippen molar-refractivity contribution in [2.24, 2.45) is 0 Å². The maximum atomic E-state index is 14.6. The van der Waals surface area contributed by atoms with E-state index in [0.29, 0.717) is 13.1 Å². The number of carbonyl (C=O) groups is 1. The third-order valence-corrected chi connectivity index (χ3v) is 9.60. The average Bonchev–Trinajstić information content (AvgIpc) is 3.38. The van der Waals surface area contributed by atoms with Gasteiger partial charge in [0.1, 0.15) is 34.2 Å². The Hall–Kier alpha value is -4.05. The van der Waals surface area contributed by atoms with Crippen molar-refractivity contribution in [1.82, 2.24) is 19.4 Å². The molecule has 2 aromatic heterocycles. The molecule has 4 aromatic rings. The minimum Gasteiger partial charge on any atom is -0.484 e. The van der Waals surface area contributed by atoms with E-state index in [0.717, 1.165) is 54.6 Å². The largest absolute Gasteiger partial charge is 0.484 e. The van der Waals surface area contributed by atoms with E-state index in [9.17, 15) is 18.7 Å². The maximum absolute atomic E-state index is 14.6. The van der Waals surface area contributed by atoms with Crippen molar-refractivity contribution in [1.29, 1.82) is 5.26 Å². The SMILES string of the molecule is N#Cc1ccc(OCc2nc(C3CCN(Cc4nc5ccc(C(=O)O)cc5n4C4S[C@]45CCO5)C3)ccc2F)c(F)c1. The number of hydrogen-bond donors (Lipinski definition) is 1. The molecule has 3 aliphatic heterocycles. The van der Waals surface area contributed by atoms with Crippen LogP contribution in [-0.2, 0) is 17.9 Å². The van der Waals surface area contributed by atoms with Crippen molar-refractivity contribution in [2.45, 2.75) is 42.2 Å². The minimum absolute atomic E-state index is 0.0518. The summed E-state index contributed by atoms with van der Waals surface area (Å²) in [5.41, 5.74) is 2.74. The Balaban J connectivity index is 1.08. The summed E-state index contributed by atoms with van der Waals surface area (Å²) in [5.74, 6) is -1.38. The van der Waals surface area contributed by atoms with Gasteiger partial charge in [-0.2, -0.15) is 5.26 Å². The first-order chi connectivity index (χ1) is 20.3. The quantitative estimate of drug-likeness (QED) is 0.277. The number of fused-ring (bicyclic) bond motifs is 1. The van der Waals surface area contributed by atoms with Crippen LogP contribution in [0.5, 0.6) is 5.75 Å². The Bertz CT molecular complexity index is 1770. The Morgan fingerprint density at radius 2 is 2.05 bits per heavy atom. The summed E-state index contributed by atoms with van der Waals surface area (Å²) >= 11 is 1.73. The molecule has 2 aromatic carbocycles. The number of aromatic carboxylic acids is 1. The minimum atomic E-state index is -0.981. The molecule has 0 saturated carbocycles. The molecule has 3 aliphatic rings. The van der Waals surface area contributed by atoms with Crippen molar-refractivity contribution < 1.29 is 28.2 Å². The molecule has 3 saturated heterocycles. The highest BCUT2D eigenvalue weighted by atomic mass is 32.2. The molecule has 2 unspecified atom stereocenters. The molecule has 42 heavy (non-hydrogen) atoms. The van der Waals surface area contributed by atoms with Gasteiger partial charge < -0.3 is 19.1 Å². The van der Waals surface area contributed by atoms with Gasteiger partial charge in [-0.1, -0.05) is 11.8 Å². The van der Waals surface area contributed by atoms with Gasteiger partial charge in [-0.05, 0) is 61.5 Å². The highest BCUT2D eigenvalue weighted by Gasteiger charge is 2.63. The van der Waals surface area contributed by atoms with Gasteiger partial charge in [-0.25, -0.2) is 18.6 Å². The van der Waals surface area contributed by atoms with Crippen molar-refractivity contribution in [3.05, 3.63) is 88.5 Å². The summed E-state index contributed by atoms with van der Waals surface area (Å²) in [6.45, 7) is 2.51. The lowest BCUT2D eigenvalue weighted by atomic mass is 10.0. The smallest absolute Gasteiger partial charge is 0.335 e. The highest BCUT2D eigenvalue weighted by molar-refractivity contribution is 8.07. The number of imidazole rings is 1. The monoisotopic (exact) mass is 589 g/mol. The van der Waals surface area contributed by atoms with Gasteiger partial charge in [0, 0.05) is 24.6 Å². The van der Waals surface area contributed by atoms with E-state index in [-0.39, 0.29) is 45.4 Å². The molecular formula is C30H25F2N5O4S. The Morgan fingerprint density at radius 3 is 2.76 bits per heavy atom. The van der Waals surface area contributed by atoms with Crippen LogP contribution in [0, 0.1) is 23.0 Å². The van der Waals surface area contributed by atoms with Crippen LogP contribution in [0.25, 0.3) is 11.0 Å². The molecule has 0 aliphatic carbocycles. The van der Waals surface area contributed by atoms with Crippen LogP contribution in [0.3, 0.4) is 0 Å². The first kappa shape index (κ1) is 26.8. The number of carboxylic acid groups (broad SMARTS) is 1. The van der Waals surface area contributed by atoms with Crippen LogP contribution in [0.1, 0.15) is 57.3 Å². The fraction of sp³-hybridized carbons (Fsp3) is 0.333. The molecule has 0 radical (unpaired) electrons. The van der Waals surface area contributed by atoms with E-state index in [2.05, 4.69) is 14.5 Å². The standard InChI is InChI=1S/C30H25F2N5O4S/c31-20-3-5-22(34-24(20)16-40-26-6-1-17(13-33)11-21(26)32)19-7-9-36(14-19)15-27-35-23-4-2-18(28(38)39)12-25(23)37(27)29-30(42-29)8-10-41-30/h1-6,11-12,19,29H,7-10,14-16H2,(H,38,39)/t19?,29?,30-/m1/s1. The lowest BCUT2D eigenvalue weighted by Gasteiger charge is -2.26. The molecule has 0 bridgehead atoms. The third kappa shape index (κ3) is 4.77. The Labute approximate surface area is 243 Å². The first-order valence-corrected chi connectivity index (χ1v) is 14.5. The van der Waals surface area contributed by atoms with Crippen LogP contribution < -0.4 is 4.74 Å². The Morgan fingerprint density at radius 1 is 1.19 bits per heavy atom.